The molecule has 0 fully saturated rings. The Bertz CT molecular complexity index is 971. The van der Waals surface area contributed by atoms with Gasteiger partial charge in [0.25, 0.3) is 0 Å². The zero-order valence-electron chi connectivity index (χ0n) is 14.5. The second kappa shape index (κ2) is 8.46. The van der Waals surface area contributed by atoms with Crippen molar-refractivity contribution in [1.29, 1.82) is 0 Å². The van der Waals surface area contributed by atoms with Gasteiger partial charge < -0.3 is 15.1 Å². The lowest BCUT2D eigenvalue weighted by Crippen LogP contribution is -2.13. The highest BCUT2D eigenvalue weighted by atomic mass is 35.5. The molecule has 0 spiro atoms. The van der Waals surface area contributed by atoms with Crippen molar-refractivity contribution in [3.05, 3.63) is 59.4 Å². The summed E-state index contributed by atoms with van der Waals surface area (Å²) in [5, 5.41) is 13.9. The van der Waals surface area contributed by atoms with Gasteiger partial charge in [-0.3, -0.25) is 9.59 Å². The summed E-state index contributed by atoms with van der Waals surface area (Å²) in [4.78, 5) is 23.2. The van der Waals surface area contributed by atoms with E-state index in [1.165, 1.54) is 6.92 Å². The molecule has 2 amide bonds. The fraction of sp³-hybridized carbons (Fsp3) is 0.158. The van der Waals surface area contributed by atoms with E-state index in [1.54, 1.807) is 36.4 Å². The number of amides is 2. The number of aromatic nitrogens is 2. The van der Waals surface area contributed by atoms with E-state index in [1.807, 2.05) is 12.1 Å². The number of aryl methyl sites for hydroxylation is 1. The maximum absolute atomic E-state index is 12.1. The number of hydrogen-bond donors (Lipinski definition) is 2. The molecule has 0 saturated heterocycles. The lowest BCUT2D eigenvalue weighted by molar-refractivity contribution is -0.116. The van der Waals surface area contributed by atoms with Gasteiger partial charge in [0, 0.05) is 31.1 Å². The summed E-state index contributed by atoms with van der Waals surface area (Å²) in [6.45, 7) is 1.42. The molecule has 1 heterocycles. The van der Waals surface area contributed by atoms with Gasteiger partial charge in [0.15, 0.2) is 0 Å². The van der Waals surface area contributed by atoms with Gasteiger partial charge in [0.05, 0.1) is 10.6 Å². The van der Waals surface area contributed by atoms with Gasteiger partial charge in [-0.2, -0.15) is 0 Å². The first-order valence-electron chi connectivity index (χ1n) is 8.26. The number of benzene rings is 2. The van der Waals surface area contributed by atoms with Crippen molar-refractivity contribution in [3.8, 4) is 11.5 Å². The first kappa shape index (κ1) is 18.6. The molecule has 0 aliphatic rings. The van der Waals surface area contributed by atoms with Gasteiger partial charge in [-0.15, -0.1) is 10.2 Å². The fourth-order valence-corrected chi connectivity index (χ4v) is 2.64. The predicted octanol–water partition coefficient (Wildman–Crippen LogP) is 3.92. The van der Waals surface area contributed by atoms with Crippen LogP contribution in [0.3, 0.4) is 0 Å². The fourth-order valence-electron chi connectivity index (χ4n) is 2.42. The maximum atomic E-state index is 12.1. The molecule has 0 aliphatic heterocycles. The second-order valence-corrected chi connectivity index (χ2v) is 6.20. The quantitative estimate of drug-likeness (QED) is 0.671. The van der Waals surface area contributed by atoms with E-state index in [-0.39, 0.29) is 18.2 Å². The minimum absolute atomic E-state index is 0.175. The maximum Gasteiger partial charge on any atom is 0.249 e. The van der Waals surface area contributed by atoms with Gasteiger partial charge in [0.1, 0.15) is 0 Å². The smallest absolute Gasteiger partial charge is 0.249 e. The number of rotatable bonds is 6. The standard InChI is InChI=1S/C19H17ClN4O3/c1-12(25)21-13-5-4-6-14(11-13)22-17(26)9-10-18-23-24-19(27-18)15-7-2-3-8-16(15)20/h2-8,11H,9-10H2,1H3,(H,21,25)(H,22,26). The van der Waals surface area contributed by atoms with Gasteiger partial charge in [-0.1, -0.05) is 29.8 Å². The first-order valence-corrected chi connectivity index (χ1v) is 8.64. The molecule has 8 heteroatoms. The van der Waals surface area contributed by atoms with Crippen molar-refractivity contribution >= 4 is 34.8 Å². The van der Waals surface area contributed by atoms with Gasteiger partial charge in [0.2, 0.25) is 23.6 Å². The van der Waals surface area contributed by atoms with Crippen molar-refractivity contribution in [1.82, 2.24) is 10.2 Å². The topological polar surface area (TPSA) is 97.1 Å². The Hall–Kier alpha value is -3.19. The Morgan fingerprint density at radius 2 is 1.78 bits per heavy atom. The number of anilines is 2. The molecule has 1 aromatic heterocycles. The van der Waals surface area contributed by atoms with Crippen LogP contribution in [0.2, 0.25) is 5.02 Å². The molecule has 2 aromatic carbocycles. The van der Waals surface area contributed by atoms with Crippen LogP contribution in [0, 0.1) is 0 Å². The average Bonchev–Trinajstić information content (AvgIpc) is 3.09. The molecule has 3 rings (SSSR count). The van der Waals surface area contributed by atoms with Crippen LogP contribution in [-0.2, 0) is 16.0 Å². The Morgan fingerprint density at radius 3 is 2.52 bits per heavy atom. The summed E-state index contributed by atoms with van der Waals surface area (Å²) in [7, 11) is 0. The second-order valence-electron chi connectivity index (χ2n) is 5.79. The summed E-state index contributed by atoms with van der Waals surface area (Å²) in [5.41, 5.74) is 1.85. The minimum atomic E-state index is -0.201. The van der Waals surface area contributed by atoms with Crippen LogP contribution >= 0.6 is 11.6 Å². The highest BCUT2D eigenvalue weighted by Crippen LogP contribution is 2.26. The van der Waals surface area contributed by atoms with Crippen LogP contribution in [0.1, 0.15) is 19.2 Å². The molecule has 0 saturated carbocycles. The van der Waals surface area contributed by atoms with E-state index in [0.717, 1.165) is 0 Å². The van der Waals surface area contributed by atoms with Crippen LogP contribution in [0.5, 0.6) is 0 Å². The molecular formula is C19H17ClN4O3. The number of carbonyl (C=O) groups excluding carboxylic acids is 2. The Balaban J connectivity index is 1.57. The lowest BCUT2D eigenvalue weighted by Gasteiger charge is -2.07. The van der Waals surface area contributed by atoms with Gasteiger partial charge in [-0.05, 0) is 30.3 Å². The highest BCUT2D eigenvalue weighted by molar-refractivity contribution is 6.33. The van der Waals surface area contributed by atoms with Gasteiger partial charge in [-0.25, -0.2) is 0 Å². The average molecular weight is 385 g/mol. The zero-order valence-corrected chi connectivity index (χ0v) is 15.3. The predicted molar refractivity (Wildman–Crippen MR) is 102 cm³/mol. The number of halogens is 1. The molecule has 7 nitrogen and oxygen atoms in total. The third kappa shape index (κ3) is 5.15. The normalized spacial score (nSPS) is 10.4. The summed E-state index contributed by atoms with van der Waals surface area (Å²) < 4.78 is 5.58. The number of carbonyl (C=O) groups is 2. The van der Waals surface area contributed by atoms with E-state index >= 15 is 0 Å². The molecule has 0 unspecified atom stereocenters. The van der Waals surface area contributed by atoms with Crippen LogP contribution < -0.4 is 10.6 Å². The van der Waals surface area contributed by atoms with Gasteiger partial charge >= 0.3 is 0 Å². The van der Waals surface area contributed by atoms with Crippen molar-refractivity contribution in [2.24, 2.45) is 0 Å². The van der Waals surface area contributed by atoms with Crippen LogP contribution in [0.25, 0.3) is 11.5 Å². The van der Waals surface area contributed by atoms with E-state index in [9.17, 15) is 9.59 Å². The van der Waals surface area contributed by atoms with Crippen molar-refractivity contribution in [2.45, 2.75) is 19.8 Å². The molecule has 138 valence electrons. The Kier molecular flexibility index (Phi) is 5.83. The van der Waals surface area contributed by atoms with E-state index in [0.29, 0.717) is 40.2 Å². The Morgan fingerprint density at radius 1 is 1.04 bits per heavy atom. The van der Waals surface area contributed by atoms with E-state index < -0.39 is 0 Å². The summed E-state index contributed by atoms with van der Waals surface area (Å²) in [6, 6.07) is 14.1. The summed E-state index contributed by atoms with van der Waals surface area (Å²) >= 11 is 6.11. The SMILES string of the molecule is CC(=O)Nc1cccc(NC(=O)CCc2nnc(-c3ccccc3Cl)o2)c1. The molecule has 0 aliphatic carbocycles. The van der Waals surface area contributed by atoms with E-state index in [2.05, 4.69) is 20.8 Å². The molecule has 0 radical (unpaired) electrons. The van der Waals surface area contributed by atoms with Crippen LogP contribution in [-0.4, -0.2) is 22.0 Å². The molecule has 3 aromatic rings. The number of hydrogen-bond acceptors (Lipinski definition) is 5. The van der Waals surface area contributed by atoms with E-state index in [4.69, 9.17) is 16.0 Å². The molecule has 27 heavy (non-hydrogen) atoms. The Labute approximate surface area is 160 Å². The van der Waals surface area contributed by atoms with Crippen molar-refractivity contribution in [3.63, 3.8) is 0 Å². The van der Waals surface area contributed by atoms with Crippen molar-refractivity contribution < 1.29 is 14.0 Å². The summed E-state index contributed by atoms with van der Waals surface area (Å²) in [5.74, 6) is 0.294. The van der Waals surface area contributed by atoms with Crippen molar-refractivity contribution in [2.75, 3.05) is 10.6 Å². The number of nitrogens with one attached hydrogen (secondary N) is 2. The third-order valence-electron chi connectivity index (χ3n) is 3.60. The first-order chi connectivity index (χ1) is 13.0. The minimum Gasteiger partial charge on any atom is -0.421 e. The molecule has 2 N–H and O–H groups in total. The largest absolute Gasteiger partial charge is 0.421 e. The molecule has 0 atom stereocenters. The lowest BCUT2D eigenvalue weighted by atomic mass is 10.2. The summed E-state index contributed by atoms with van der Waals surface area (Å²) in [6.07, 6.45) is 0.475. The van der Waals surface area contributed by atoms with Crippen LogP contribution in [0.4, 0.5) is 11.4 Å². The molecule has 0 bridgehead atoms. The highest BCUT2D eigenvalue weighted by Gasteiger charge is 2.13. The van der Waals surface area contributed by atoms with Crippen LogP contribution in [0.15, 0.2) is 52.9 Å². The molecular weight excluding hydrogens is 368 g/mol. The monoisotopic (exact) mass is 384 g/mol. The third-order valence-corrected chi connectivity index (χ3v) is 3.93. The number of nitrogens with zero attached hydrogens (tertiary/aromatic N) is 2. The zero-order chi connectivity index (χ0) is 19.2.